The van der Waals surface area contributed by atoms with Crippen LogP contribution in [0.5, 0.6) is 0 Å². The van der Waals surface area contributed by atoms with E-state index in [4.69, 9.17) is 9.47 Å². The molecule has 2 aromatic carbocycles. The molecule has 2 N–H and O–H groups in total. The summed E-state index contributed by atoms with van der Waals surface area (Å²) in [6, 6.07) is 20.2. The van der Waals surface area contributed by atoms with Crippen molar-refractivity contribution in [3.8, 4) is 0 Å². The number of benzene rings is 2. The summed E-state index contributed by atoms with van der Waals surface area (Å²) in [5, 5.41) is 19.4. The Morgan fingerprint density at radius 2 is 1.13 bits per heavy atom. The average molecular weight is 433 g/mol. The van der Waals surface area contributed by atoms with Crippen LogP contribution in [0, 0.1) is 0 Å². The number of anilines is 2. The van der Waals surface area contributed by atoms with E-state index in [1.165, 1.54) is 0 Å². The lowest BCUT2D eigenvalue weighted by molar-refractivity contribution is 0.0464. The van der Waals surface area contributed by atoms with Gasteiger partial charge in [-0.1, -0.05) is 36.4 Å². The molecule has 2 unspecified atom stereocenters. The smallest absolute Gasteiger partial charge is 0.0947 e. The molecule has 2 atom stereocenters. The summed E-state index contributed by atoms with van der Waals surface area (Å²) in [5.41, 5.74) is 2.27. The molecule has 2 aromatic rings. The van der Waals surface area contributed by atoms with Crippen LogP contribution in [-0.4, -0.2) is 75.5 Å². The van der Waals surface area contributed by atoms with E-state index in [9.17, 15) is 10.2 Å². The lowest BCUT2D eigenvalue weighted by Gasteiger charge is -2.25. The van der Waals surface area contributed by atoms with Gasteiger partial charge in [-0.25, -0.2) is 0 Å². The minimum absolute atomic E-state index is 0.378. The van der Waals surface area contributed by atoms with Gasteiger partial charge in [0.05, 0.1) is 25.4 Å². The van der Waals surface area contributed by atoms with Crippen LogP contribution in [0.15, 0.2) is 60.7 Å². The largest absolute Gasteiger partial charge is 0.389 e. The first kappa shape index (κ1) is 26.9. The van der Waals surface area contributed by atoms with Crippen molar-refractivity contribution in [2.75, 3.05) is 62.9 Å². The number of aliphatic hydroxyl groups excluding tert-OH is 2. The Balaban J connectivity index is 0.000000311. The Morgan fingerprint density at radius 3 is 1.48 bits per heavy atom. The van der Waals surface area contributed by atoms with E-state index >= 15 is 0 Å². The van der Waals surface area contributed by atoms with Crippen molar-refractivity contribution in [3.05, 3.63) is 60.7 Å². The van der Waals surface area contributed by atoms with Crippen LogP contribution >= 0.6 is 0 Å². The number of nitrogens with zero attached hydrogens (tertiary/aromatic N) is 2. The first-order chi connectivity index (χ1) is 15.0. The maximum Gasteiger partial charge on any atom is 0.0947 e. The molecule has 0 fully saturated rings. The van der Waals surface area contributed by atoms with Crippen molar-refractivity contribution in [2.45, 2.75) is 33.0 Å². The van der Waals surface area contributed by atoms with Gasteiger partial charge in [-0.3, -0.25) is 0 Å². The number of aliphatic hydroxyl groups is 2. The van der Waals surface area contributed by atoms with Gasteiger partial charge < -0.3 is 29.5 Å². The van der Waals surface area contributed by atoms with Crippen molar-refractivity contribution in [2.24, 2.45) is 0 Å². The zero-order chi connectivity index (χ0) is 22.9. The molecular weight excluding hydrogens is 392 g/mol. The Kier molecular flexibility index (Phi) is 14.4. The third-order valence-electron chi connectivity index (χ3n) is 4.74. The molecule has 0 heterocycles. The van der Waals surface area contributed by atoms with Gasteiger partial charge in [-0.15, -0.1) is 0 Å². The molecule has 0 saturated carbocycles. The molecule has 0 bridgehead atoms. The number of rotatable bonds is 13. The van der Waals surface area contributed by atoms with Crippen molar-refractivity contribution >= 4 is 11.4 Å². The molecule has 0 saturated heterocycles. The van der Waals surface area contributed by atoms with Gasteiger partial charge in [0.1, 0.15) is 0 Å². The van der Waals surface area contributed by atoms with Crippen LogP contribution in [0.1, 0.15) is 20.8 Å². The van der Waals surface area contributed by atoms with Crippen LogP contribution < -0.4 is 9.80 Å². The topological polar surface area (TPSA) is 65.4 Å². The van der Waals surface area contributed by atoms with E-state index in [-0.39, 0.29) is 0 Å². The van der Waals surface area contributed by atoms with Gasteiger partial charge in [0, 0.05) is 51.3 Å². The SMILES string of the molecule is CCN(CC(O)COC)c1ccccc1.CCOCC(O)CN(CC)c1ccccc1. The van der Waals surface area contributed by atoms with E-state index in [1.54, 1.807) is 7.11 Å². The summed E-state index contributed by atoms with van der Waals surface area (Å²) >= 11 is 0. The number of methoxy groups -OCH3 is 1. The van der Waals surface area contributed by atoms with Crippen molar-refractivity contribution in [1.82, 2.24) is 0 Å². The summed E-state index contributed by atoms with van der Waals surface area (Å²) in [7, 11) is 1.60. The Labute approximate surface area is 188 Å². The summed E-state index contributed by atoms with van der Waals surface area (Å²) in [5.74, 6) is 0. The predicted octanol–water partition coefficient (Wildman–Crippen LogP) is 3.43. The monoisotopic (exact) mass is 432 g/mol. The van der Waals surface area contributed by atoms with Gasteiger partial charge in [0.2, 0.25) is 0 Å². The lowest BCUT2D eigenvalue weighted by atomic mass is 10.2. The fourth-order valence-electron chi connectivity index (χ4n) is 3.17. The highest BCUT2D eigenvalue weighted by molar-refractivity contribution is 5.46. The molecule has 0 aliphatic carbocycles. The molecule has 0 aromatic heterocycles. The van der Waals surface area contributed by atoms with E-state index in [0.717, 1.165) is 24.5 Å². The van der Waals surface area contributed by atoms with Gasteiger partial charge >= 0.3 is 0 Å². The van der Waals surface area contributed by atoms with Crippen molar-refractivity contribution < 1.29 is 19.7 Å². The zero-order valence-corrected chi connectivity index (χ0v) is 19.5. The van der Waals surface area contributed by atoms with Gasteiger partial charge in [0.25, 0.3) is 0 Å². The Bertz CT molecular complexity index is 657. The second-order valence-electron chi connectivity index (χ2n) is 7.17. The van der Waals surface area contributed by atoms with Crippen LogP contribution in [0.2, 0.25) is 0 Å². The molecule has 0 aliphatic heterocycles. The fourth-order valence-corrected chi connectivity index (χ4v) is 3.17. The Hall–Kier alpha value is -2.12. The van der Waals surface area contributed by atoms with E-state index in [2.05, 4.69) is 35.8 Å². The van der Waals surface area contributed by atoms with Crippen molar-refractivity contribution in [3.63, 3.8) is 0 Å². The minimum atomic E-state index is -0.435. The molecule has 174 valence electrons. The summed E-state index contributed by atoms with van der Waals surface area (Å²) in [6.45, 7) is 10.5. The second kappa shape index (κ2) is 16.6. The Morgan fingerprint density at radius 1 is 0.710 bits per heavy atom. The number of hydrogen-bond donors (Lipinski definition) is 2. The molecule has 0 radical (unpaired) electrons. The van der Waals surface area contributed by atoms with Gasteiger partial charge in [-0.2, -0.15) is 0 Å². The predicted molar refractivity (Wildman–Crippen MR) is 129 cm³/mol. The number of hydrogen-bond acceptors (Lipinski definition) is 6. The maximum atomic E-state index is 9.78. The molecule has 6 nitrogen and oxygen atoms in total. The normalized spacial score (nSPS) is 12.5. The van der Waals surface area contributed by atoms with E-state index in [0.29, 0.717) is 32.9 Å². The molecule has 0 amide bonds. The maximum absolute atomic E-state index is 9.78. The zero-order valence-electron chi connectivity index (χ0n) is 19.5. The first-order valence-electron chi connectivity index (χ1n) is 11.1. The third-order valence-corrected chi connectivity index (χ3v) is 4.74. The highest BCUT2D eigenvalue weighted by Gasteiger charge is 2.11. The second-order valence-corrected chi connectivity index (χ2v) is 7.17. The van der Waals surface area contributed by atoms with Crippen LogP contribution in [0.3, 0.4) is 0 Å². The standard InChI is InChI=1S/C13H21NO2.C12H19NO2/c1-3-14(10-13(15)11-16-4-2)12-8-6-5-7-9-12;1-3-13(9-12(14)10-15-2)11-7-5-4-6-8-11/h5-9,13,15H,3-4,10-11H2,1-2H3;4-8,12,14H,3,9-10H2,1-2H3. The molecule has 2 rings (SSSR count). The van der Waals surface area contributed by atoms with Crippen LogP contribution in [0.25, 0.3) is 0 Å². The summed E-state index contributed by atoms with van der Waals surface area (Å²) < 4.78 is 10.1. The summed E-state index contributed by atoms with van der Waals surface area (Å²) in [6.07, 6.45) is -0.865. The summed E-state index contributed by atoms with van der Waals surface area (Å²) in [4.78, 5) is 4.27. The first-order valence-corrected chi connectivity index (χ1v) is 11.1. The highest BCUT2D eigenvalue weighted by atomic mass is 16.5. The van der Waals surface area contributed by atoms with E-state index in [1.807, 2.05) is 55.5 Å². The lowest BCUT2D eigenvalue weighted by Crippen LogP contribution is -2.34. The quantitative estimate of drug-likeness (QED) is 0.506. The molecule has 6 heteroatoms. The van der Waals surface area contributed by atoms with Crippen LogP contribution in [-0.2, 0) is 9.47 Å². The number of para-hydroxylation sites is 2. The molecular formula is C25H40N2O4. The van der Waals surface area contributed by atoms with Crippen molar-refractivity contribution in [1.29, 1.82) is 0 Å². The molecule has 31 heavy (non-hydrogen) atoms. The van der Waals surface area contributed by atoms with Crippen LogP contribution in [0.4, 0.5) is 11.4 Å². The minimum Gasteiger partial charge on any atom is -0.389 e. The van der Waals surface area contributed by atoms with Gasteiger partial charge in [0.15, 0.2) is 0 Å². The molecule has 0 spiro atoms. The number of likely N-dealkylation sites (N-methyl/N-ethyl adjacent to an activating group) is 2. The van der Waals surface area contributed by atoms with Gasteiger partial charge in [-0.05, 0) is 45.0 Å². The fraction of sp³-hybridized carbons (Fsp3) is 0.520. The molecule has 0 aliphatic rings. The number of ether oxygens (including phenoxy) is 2. The highest BCUT2D eigenvalue weighted by Crippen LogP contribution is 2.14. The third kappa shape index (κ3) is 11.2. The van der Waals surface area contributed by atoms with E-state index < -0.39 is 12.2 Å². The average Bonchev–Trinajstić information content (AvgIpc) is 2.81.